The molecule has 1 heterocycles. The van der Waals surface area contributed by atoms with Crippen molar-refractivity contribution in [2.75, 3.05) is 50.7 Å². The SMILES string of the molecule is CCNC(=NCCCN1CCCC1=O)NCCN(CC)c1cccc(C)c1. The van der Waals surface area contributed by atoms with Crippen LogP contribution in [-0.4, -0.2) is 62.6 Å². The lowest BCUT2D eigenvalue weighted by atomic mass is 10.2. The number of aryl methyl sites for hydroxylation is 1. The van der Waals surface area contributed by atoms with E-state index in [0.29, 0.717) is 12.3 Å². The van der Waals surface area contributed by atoms with Gasteiger partial charge in [0.2, 0.25) is 5.91 Å². The first-order chi connectivity index (χ1) is 13.1. The monoisotopic (exact) mass is 373 g/mol. The van der Waals surface area contributed by atoms with Gasteiger partial charge in [0.1, 0.15) is 0 Å². The summed E-state index contributed by atoms with van der Waals surface area (Å²) in [5.74, 6) is 1.14. The minimum Gasteiger partial charge on any atom is -0.370 e. The third-order valence-electron chi connectivity index (χ3n) is 4.79. The number of likely N-dealkylation sites (tertiary alicyclic amines) is 1. The molecule has 6 nitrogen and oxygen atoms in total. The lowest BCUT2D eigenvalue weighted by Crippen LogP contribution is -2.41. The molecule has 150 valence electrons. The number of hydrogen-bond acceptors (Lipinski definition) is 3. The molecule has 0 bridgehead atoms. The van der Waals surface area contributed by atoms with Crippen molar-refractivity contribution in [3.05, 3.63) is 29.8 Å². The van der Waals surface area contributed by atoms with Gasteiger partial charge < -0.3 is 20.4 Å². The summed E-state index contributed by atoms with van der Waals surface area (Å²) in [6.45, 7) is 12.4. The fourth-order valence-electron chi connectivity index (χ4n) is 3.34. The summed E-state index contributed by atoms with van der Waals surface area (Å²) in [5.41, 5.74) is 2.54. The van der Waals surface area contributed by atoms with Crippen LogP contribution in [-0.2, 0) is 4.79 Å². The number of rotatable bonds is 10. The molecule has 1 amide bonds. The Balaban J connectivity index is 1.76. The van der Waals surface area contributed by atoms with E-state index in [1.807, 2.05) is 4.90 Å². The fourth-order valence-corrected chi connectivity index (χ4v) is 3.34. The van der Waals surface area contributed by atoms with Gasteiger partial charge in [-0.15, -0.1) is 0 Å². The number of likely N-dealkylation sites (N-methyl/N-ethyl adjacent to an activating group) is 1. The number of aliphatic imine (C=N–C) groups is 1. The second-order valence-corrected chi connectivity index (χ2v) is 6.94. The molecule has 2 N–H and O–H groups in total. The van der Waals surface area contributed by atoms with E-state index in [1.165, 1.54) is 11.3 Å². The van der Waals surface area contributed by atoms with Gasteiger partial charge in [-0.3, -0.25) is 9.79 Å². The summed E-state index contributed by atoms with van der Waals surface area (Å²) >= 11 is 0. The standard InChI is InChI=1S/C21H35N5O/c1-4-22-21(23-12-8-15-26-14-7-11-20(26)27)24-13-16-25(5-2)19-10-6-9-18(3)17-19/h6,9-10,17H,4-5,7-8,11-16H2,1-3H3,(H2,22,23,24). The highest BCUT2D eigenvalue weighted by atomic mass is 16.2. The lowest BCUT2D eigenvalue weighted by molar-refractivity contribution is -0.127. The van der Waals surface area contributed by atoms with Gasteiger partial charge in [0.05, 0.1) is 0 Å². The highest BCUT2D eigenvalue weighted by Gasteiger charge is 2.18. The van der Waals surface area contributed by atoms with E-state index in [2.05, 4.69) is 65.6 Å². The average Bonchev–Trinajstić information content (AvgIpc) is 3.07. The van der Waals surface area contributed by atoms with Crippen LogP contribution in [0.15, 0.2) is 29.3 Å². The molecule has 0 spiro atoms. The third kappa shape index (κ3) is 7.12. The van der Waals surface area contributed by atoms with Crippen LogP contribution in [0.25, 0.3) is 0 Å². The molecule has 1 aliphatic heterocycles. The summed E-state index contributed by atoms with van der Waals surface area (Å²) in [6, 6.07) is 8.62. The van der Waals surface area contributed by atoms with Gasteiger partial charge >= 0.3 is 0 Å². The van der Waals surface area contributed by atoms with E-state index >= 15 is 0 Å². The van der Waals surface area contributed by atoms with Crippen molar-refractivity contribution in [2.45, 2.75) is 40.0 Å². The van der Waals surface area contributed by atoms with Crippen molar-refractivity contribution in [2.24, 2.45) is 4.99 Å². The zero-order chi connectivity index (χ0) is 19.5. The van der Waals surface area contributed by atoms with E-state index in [9.17, 15) is 4.79 Å². The van der Waals surface area contributed by atoms with Crippen LogP contribution in [0.1, 0.15) is 38.7 Å². The molecule has 0 radical (unpaired) electrons. The van der Waals surface area contributed by atoms with Gasteiger partial charge in [0, 0.05) is 57.9 Å². The van der Waals surface area contributed by atoms with Crippen molar-refractivity contribution >= 4 is 17.6 Å². The number of guanidine groups is 1. The van der Waals surface area contributed by atoms with Crippen LogP contribution >= 0.6 is 0 Å². The molecule has 6 heteroatoms. The number of nitrogens with zero attached hydrogens (tertiary/aromatic N) is 3. The van der Waals surface area contributed by atoms with Crippen LogP contribution in [0.4, 0.5) is 5.69 Å². The van der Waals surface area contributed by atoms with Gasteiger partial charge in [-0.25, -0.2) is 0 Å². The van der Waals surface area contributed by atoms with Crippen LogP contribution in [0.2, 0.25) is 0 Å². The summed E-state index contributed by atoms with van der Waals surface area (Å²) in [6.07, 6.45) is 2.62. The Morgan fingerprint density at radius 2 is 2.15 bits per heavy atom. The Bertz CT molecular complexity index is 616. The van der Waals surface area contributed by atoms with Crippen molar-refractivity contribution in [3.8, 4) is 0 Å². The second kappa shape index (κ2) is 11.5. The Hall–Kier alpha value is -2.24. The first-order valence-corrected chi connectivity index (χ1v) is 10.3. The van der Waals surface area contributed by atoms with Crippen molar-refractivity contribution in [3.63, 3.8) is 0 Å². The predicted octanol–water partition coefficient (Wildman–Crippen LogP) is 2.39. The molecular formula is C21H35N5O. The molecule has 0 unspecified atom stereocenters. The lowest BCUT2D eigenvalue weighted by Gasteiger charge is -2.24. The molecule has 0 saturated carbocycles. The molecular weight excluding hydrogens is 338 g/mol. The van der Waals surface area contributed by atoms with Crippen LogP contribution < -0.4 is 15.5 Å². The quantitative estimate of drug-likeness (QED) is 0.376. The van der Waals surface area contributed by atoms with E-state index in [4.69, 9.17) is 0 Å². The van der Waals surface area contributed by atoms with E-state index in [1.54, 1.807) is 0 Å². The van der Waals surface area contributed by atoms with E-state index < -0.39 is 0 Å². The Kier molecular flexibility index (Phi) is 8.95. The summed E-state index contributed by atoms with van der Waals surface area (Å²) in [5, 5.41) is 6.72. The van der Waals surface area contributed by atoms with Gasteiger partial charge in [-0.2, -0.15) is 0 Å². The minimum atomic E-state index is 0.291. The molecule has 27 heavy (non-hydrogen) atoms. The Morgan fingerprint density at radius 1 is 1.30 bits per heavy atom. The number of hydrogen-bond donors (Lipinski definition) is 2. The van der Waals surface area contributed by atoms with E-state index in [-0.39, 0.29) is 0 Å². The summed E-state index contributed by atoms with van der Waals surface area (Å²) < 4.78 is 0. The smallest absolute Gasteiger partial charge is 0.222 e. The number of carbonyl (C=O) groups excluding carboxylic acids is 1. The molecule has 1 fully saturated rings. The summed E-state index contributed by atoms with van der Waals surface area (Å²) in [7, 11) is 0. The number of nitrogens with one attached hydrogen (secondary N) is 2. The van der Waals surface area contributed by atoms with Gasteiger partial charge in [-0.1, -0.05) is 12.1 Å². The zero-order valence-corrected chi connectivity index (χ0v) is 17.1. The molecule has 1 aromatic carbocycles. The molecule has 0 aliphatic carbocycles. The van der Waals surface area contributed by atoms with Gasteiger partial charge in [0.15, 0.2) is 5.96 Å². The maximum Gasteiger partial charge on any atom is 0.222 e. The molecule has 1 aliphatic rings. The predicted molar refractivity (Wildman–Crippen MR) is 113 cm³/mol. The van der Waals surface area contributed by atoms with Crippen LogP contribution in [0, 0.1) is 6.92 Å². The number of carbonyl (C=O) groups is 1. The van der Waals surface area contributed by atoms with Crippen LogP contribution in [0.3, 0.4) is 0 Å². The maximum atomic E-state index is 11.6. The maximum absolute atomic E-state index is 11.6. The largest absolute Gasteiger partial charge is 0.370 e. The number of anilines is 1. The zero-order valence-electron chi connectivity index (χ0n) is 17.1. The minimum absolute atomic E-state index is 0.291. The fraction of sp³-hybridized carbons (Fsp3) is 0.619. The van der Waals surface area contributed by atoms with Crippen molar-refractivity contribution in [1.82, 2.24) is 15.5 Å². The molecule has 1 saturated heterocycles. The second-order valence-electron chi connectivity index (χ2n) is 6.94. The highest BCUT2D eigenvalue weighted by molar-refractivity contribution is 5.79. The van der Waals surface area contributed by atoms with Gasteiger partial charge in [-0.05, 0) is 51.3 Å². The van der Waals surface area contributed by atoms with Crippen LogP contribution in [0.5, 0.6) is 0 Å². The molecule has 0 aromatic heterocycles. The number of benzene rings is 1. The topological polar surface area (TPSA) is 60.0 Å². The third-order valence-corrected chi connectivity index (χ3v) is 4.79. The Labute approximate surface area is 164 Å². The van der Waals surface area contributed by atoms with Crippen molar-refractivity contribution in [1.29, 1.82) is 0 Å². The summed E-state index contributed by atoms with van der Waals surface area (Å²) in [4.78, 5) is 20.6. The highest BCUT2D eigenvalue weighted by Crippen LogP contribution is 2.15. The molecule has 2 rings (SSSR count). The number of amides is 1. The molecule has 0 atom stereocenters. The van der Waals surface area contributed by atoms with E-state index in [0.717, 1.165) is 64.6 Å². The molecule has 1 aromatic rings. The van der Waals surface area contributed by atoms with Gasteiger partial charge in [0.25, 0.3) is 0 Å². The average molecular weight is 374 g/mol. The van der Waals surface area contributed by atoms with Crippen molar-refractivity contribution < 1.29 is 4.79 Å². The Morgan fingerprint density at radius 3 is 2.81 bits per heavy atom. The first-order valence-electron chi connectivity index (χ1n) is 10.3. The first kappa shape index (κ1) is 21.1. The normalized spacial score (nSPS) is 14.6.